The average Bonchev–Trinajstić information content (AvgIpc) is 2.49. The fraction of sp³-hybridized carbons (Fsp3) is 0.789. The number of ketones is 1. The molecule has 24 heavy (non-hydrogen) atoms. The molecular formula is C19H37N3O2. The van der Waals surface area contributed by atoms with Gasteiger partial charge in [-0.2, -0.15) is 0 Å². The van der Waals surface area contributed by atoms with Gasteiger partial charge in [-0.1, -0.05) is 41.5 Å². The standard InChI is InChI=1S/C19H37N3O2/c1-15(2)18(23)9-10-19(24)22(13-7-11-20-16(3)4)14-8-12-21-17(5)6/h9-10,15-17,20-21H,7-8,11-14H2,1-6H3/b10-9-. The van der Waals surface area contributed by atoms with Crippen LogP contribution in [0.4, 0.5) is 0 Å². The number of carbonyl (C=O) groups excluding carboxylic acids is 2. The summed E-state index contributed by atoms with van der Waals surface area (Å²) in [7, 11) is 0. The molecule has 0 atom stereocenters. The zero-order valence-corrected chi connectivity index (χ0v) is 16.4. The van der Waals surface area contributed by atoms with Crippen LogP contribution in [-0.4, -0.2) is 54.9 Å². The van der Waals surface area contributed by atoms with E-state index in [1.165, 1.54) is 12.2 Å². The van der Waals surface area contributed by atoms with E-state index in [9.17, 15) is 9.59 Å². The zero-order chi connectivity index (χ0) is 18.5. The normalized spacial score (nSPS) is 11.9. The van der Waals surface area contributed by atoms with Crippen molar-refractivity contribution in [1.82, 2.24) is 15.5 Å². The van der Waals surface area contributed by atoms with Crippen LogP contribution in [0.1, 0.15) is 54.4 Å². The second-order valence-corrected chi connectivity index (χ2v) is 7.14. The molecule has 5 nitrogen and oxygen atoms in total. The molecule has 0 aromatic rings. The summed E-state index contributed by atoms with van der Waals surface area (Å²) in [6.07, 6.45) is 4.66. The van der Waals surface area contributed by atoms with E-state index in [1.54, 1.807) is 0 Å². The summed E-state index contributed by atoms with van der Waals surface area (Å²) in [5, 5.41) is 6.73. The Kier molecular flexibility index (Phi) is 12.5. The minimum absolute atomic E-state index is 0.00810. The molecule has 0 aliphatic heterocycles. The number of hydrogen-bond acceptors (Lipinski definition) is 4. The van der Waals surface area contributed by atoms with E-state index in [4.69, 9.17) is 0 Å². The maximum absolute atomic E-state index is 12.4. The molecule has 1 amide bonds. The van der Waals surface area contributed by atoms with Crippen LogP contribution in [0.15, 0.2) is 12.2 Å². The van der Waals surface area contributed by atoms with Crippen molar-refractivity contribution in [2.24, 2.45) is 5.92 Å². The summed E-state index contributed by atoms with van der Waals surface area (Å²) in [5.74, 6) is -0.155. The molecule has 0 saturated carbocycles. The molecule has 0 aromatic carbocycles. The molecular weight excluding hydrogens is 302 g/mol. The highest BCUT2D eigenvalue weighted by molar-refractivity contribution is 5.98. The molecule has 0 saturated heterocycles. The van der Waals surface area contributed by atoms with Gasteiger partial charge in [-0.25, -0.2) is 0 Å². The summed E-state index contributed by atoms with van der Waals surface area (Å²) in [6.45, 7) is 15.3. The quantitative estimate of drug-likeness (QED) is 0.399. The van der Waals surface area contributed by atoms with E-state index >= 15 is 0 Å². The van der Waals surface area contributed by atoms with Crippen LogP contribution < -0.4 is 10.6 Å². The van der Waals surface area contributed by atoms with Crippen LogP contribution in [-0.2, 0) is 9.59 Å². The van der Waals surface area contributed by atoms with Crippen molar-refractivity contribution >= 4 is 11.7 Å². The minimum Gasteiger partial charge on any atom is -0.339 e. The van der Waals surface area contributed by atoms with Crippen LogP contribution >= 0.6 is 0 Å². The maximum atomic E-state index is 12.4. The average molecular weight is 340 g/mol. The predicted octanol–water partition coefficient (Wildman–Crippen LogP) is 2.37. The van der Waals surface area contributed by atoms with Gasteiger partial charge < -0.3 is 15.5 Å². The number of amides is 1. The lowest BCUT2D eigenvalue weighted by Crippen LogP contribution is -2.36. The third-order valence-electron chi connectivity index (χ3n) is 3.59. The van der Waals surface area contributed by atoms with Crippen molar-refractivity contribution in [3.8, 4) is 0 Å². The molecule has 5 heteroatoms. The molecule has 0 aromatic heterocycles. The molecule has 0 unspecified atom stereocenters. The van der Waals surface area contributed by atoms with Crippen LogP contribution in [0, 0.1) is 5.92 Å². The summed E-state index contributed by atoms with van der Waals surface area (Å²) in [4.78, 5) is 25.9. The molecule has 0 bridgehead atoms. The van der Waals surface area contributed by atoms with Gasteiger partial charge in [0.1, 0.15) is 0 Å². The largest absolute Gasteiger partial charge is 0.339 e. The van der Waals surface area contributed by atoms with Crippen molar-refractivity contribution in [2.75, 3.05) is 26.2 Å². The smallest absolute Gasteiger partial charge is 0.246 e. The number of hydrogen-bond donors (Lipinski definition) is 2. The number of nitrogens with one attached hydrogen (secondary N) is 2. The number of rotatable bonds is 13. The Bertz CT molecular complexity index is 374. The third-order valence-corrected chi connectivity index (χ3v) is 3.59. The molecule has 0 aliphatic carbocycles. The van der Waals surface area contributed by atoms with E-state index in [2.05, 4.69) is 38.3 Å². The highest BCUT2D eigenvalue weighted by Gasteiger charge is 2.11. The number of nitrogens with zero attached hydrogens (tertiary/aromatic N) is 1. The second-order valence-electron chi connectivity index (χ2n) is 7.14. The molecule has 0 rings (SSSR count). The minimum atomic E-state index is -0.0759. The molecule has 140 valence electrons. The van der Waals surface area contributed by atoms with Gasteiger partial charge in [-0.3, -0.25) is 9.59 Å². The molecule has 0 radical (unpaired) electrons. The SMILES string of the molecule is CC(C)NCCCN(CCCNC(C)C)C(=O)/C=C\C(=O)C(C)C. The molecule has 0 fully saturated rings. The van der Waals surface area contributed by atoms with Gasteiger partial charge in [0.15, 0.2) is 5.78 Å². The maximum Gasteiger partial charge on any atom is 0.246 e. The second kappa shape index (κ2) is 13.1. The molecule has 0 spiro atoms. The van der Waals surface area contributed by atoms with Crippen molar-refractivity contribution in [2.45, 2.75) is 66.5 Å². The Hall–Kier alpha value is -1.20. The van der Waals surface area contributed by atoms with Gasteiger partial charge >= 0.3 is 0 Å². The topological polar surface area (TPSA) is 61.4 Å². The Labute approximate surface area is 148 Å². The van der Waals surface area contributed by atoms with Gasteiger partial charge in [-0.05, 0) is 32.0 Å². The molecule has 0 heterocycles. The lowest BCUT2D eigenvalue weighted by Gasteiger charge is -2.22. The van der Waals surface area contributed by atoms with Gasteiger partial charge in [0, 0.05) is 37.2 Å². The van der Waals surface area contributed by atoms with Crippen molar-refractivity contribution in [1.29, 1.82) is 0 Å². The third kappa shape index (κ3) is 12.3. The van der Waals surface area contributed by atoms with E-state index < -0.39 is 0 Å². The summed E-state index contributed by atoms with van der Waals surface area (Å²) >= 11 is 0. The first kappa shape index (κ1) is 22.8. The Morgan fingerprint density at radius 2 is 1.29 bits per heavy atom. The first-order valence-electron chi connectivity index (χ1n) is 9.21. The number of allylic oxidation sites excluding steroid dienone is 1. The molecule has 0 aliphatic rings. The predicted molar refractivity (Wildman–Crippen MR) is 101 cm³/mol. The van der Waals surface area contributed by atoms with Crippen LogP contribution in [0.3, 0.4) is 0 Å². The van der Waals surface area contributed by atoms with E-state index in [0.29, 0.717) is 25.2 Å². The van der Waals surface area contributed by atoms with E-state index in [-0.39, 0.29) is 17.6 Å². The Balaban J connectivity index is 4.47. The van der Waals surface area contributed by atoms with Crippen molar-refractivity contribution in [3.63, 3.8) is 0 Å². The summed E-state index contributed by atoms with van der Waals surface area (Å²) in [6, 6.07) is 0.904. The van der Waals surface area contributed by atoms with Crippen molar-refractivity contribution in [3.05, 3.63) is 12.2 Å². The molecule has 2 N–H and O–H groups in total. The van der Waals surface area contributed by atoms with E-state index in [1.807, 2.05) is 18.7 Å². The zero-order valence-electron chi connectivity index (χ0n) is 16.4. The summed E-state index contributed by atoms with van der Waals surface area (Å²) in [5.41, 5.74) is 0. The number of carbonyl (C=O) groups is 2. The van der Waals surface area contributed by atoms with Gasteiger partial charge in [0.05, 0.1) is 0 Å². The fourth-order valence-corrected chi connectivity index (χ4v) is 2.10. The van der Waals surface area contributed by atoms with Crippen LogP contribution in [0.25, 0.3) is 0 Å². The first-order valence-corrected chi connectivity index (χ1v) is 9.21. The Morgan fingerprint density at radius 3 is 1.67 bits per heavy atom. The van der Waals surface area contributed by atoms with Gasteiger partial charge in [0.2, 0.25) is 5.91 Å². The lowest BCUT2D eigenvalue weighted by atomic mass is 10.1. The highest BCUT2D eigenvalue weighted by Crippen LogP contribution is 2.00. The van der Waals surface area contributed by atoms with Crippen LogP contribution in [0.2, 0.25) is 0 Å². The van der Waals surface area contributed by atoms with Crippen LogP contribution in [0.5, 0.6) is 0 Å². The summed E-state index contributed by atoms with van der Waals surface area (Å²) < 4.78 is 0. The van der Waals surface area contributed by atoms with E-state index in [0.717, 1.165) is 25.9 Å². The lowest BCUT2D eigenvalue weighted by molar-refractivity contribution is -0.126. The van der Waals surface area contributed by atoms with Gasteiger partial charge in [0.25, 0.3) is 0 Å². The fourth-order valence-electron chi connectivity index (χ4n) is 2.10. The van der Waals surface area contributed by atoms with Crippen molar-refractivity contribution < 1.29 is 9.59 Å². The monoisotopic (exact) mass is 339 g/mol. The van der Waals surface area contributed by atoms with Gasteiger partial charge in [-0.15, -0.1) is 0 Å². The first-order chi connectivity index (χ1) is 11.2. The highest BCUT2D eigenvalue weighted by atomic mass is 16.2. The Morgan fingerprint density at radius 1 is 0.833 bits per heavy atom.